The van der Waals surface area contributed by atoms with E-state index in [9.17, 15) is 44.1 Å². The number of ether oxygens (including phenoxy) is 2. The molecule has 130 heavy (non-hydrogen) atoms. The summed E-state index contributed by atoms with van der Waals surface area (Å²) >= 11 is 10.6. The molecular formula is C97H105ClN20O9S3. The molecule has 7 aliphatic heterocycles. The standard InChI is InChI=1S/2C30H31N5O3S.C22H28N6O2.C15H15ClN4OS/c2*1-30(25-16-24(19-39-25)23-10-6-9-21(15-23)17-31)26(27(36)34(2)28(32)33-30)22-11-13-35(14-12-22)29(37)38-18-20-7-4-3-5-8-20;1-15(29)27-9-7-16(8-10-27)13-28-20(30)22(2,25-21(28)23)19-6-4-5-17(11-19)18-12-24-26(3)14-18;1-15(7-12(21)20(2)14(17)19-15)11-8-18-13(22-11)9-4-3-5-10(16)6-9/h2*3-10,15-16,19,22,26H,11-14,18H2,1-2H3,(H2,32,33);4-6,11-12,14,16H,7-10,13H2,1-3H3,(H2,23,25);3-6,8H,7H2,1-2H3,(H2,17,19)/t26-,30+;26-,30-;;15-/m01.0/s1. The predicted octanol–water partition coefficient (Wildman–Crippen LogP) is 14.5. The molecule has 7 amide bonds. The number of thiazole rings is 1. The van der Waals surface area contributed by atoms with E-state index in [1.165, 1.54) is 26.0 Å². The number of nitrogens with zero attached hydrogens (tertiary/aromatic N) is 16. The van der Waals surface area contributed by atoms with Crippen molar-refractivity contribution in [2.45, 2.75) is 115 Å². The summed E-state index contributed by atoms with van der Waals surface area (Å²) in [5, 5.41) is 28.4. The molecule has 0 saturated carbocycles. The molecule has 17 rings (SSSR count). The number of aryl methyl sites for hydroxylation is 1. The topological polar surface area (TPSA) is 392 Å². The van der Waals surface area contributed by atoms with Crippen LogP contribution in [0.1, 0.15) is 122 Å². The zero-order chi connectivity index (χ0) is 92.5. The lowest BCUT2D eigenvalue weighted by molar-refractivity contribution is -0.138. The number of rotatable bonds is 16. The molecule has 0 bridgehead atoms. The number of aromatic nitrogens is 3. The smallest absolute Gasteiger partial charge is 0.410 e. The maximum absolute atomic E-state index is 13.7. The van der Waals surface area contributed by atoms with Crippen LogP contribution in [0.3, 0.4) is 0 Å². The molecular weight excluding hydrogens is 1720 g/mol. The van der Waals surface area contributed by atoms with Crippen LogP contribution in [-0.2, 0) is 75.9 Å². The van der Waals surface area contributed by atoms with Crippen LogP contribution in [0, 0.1) is 52.3 Å². The second-order valence-corrected chi connectivity index (χ2v) is 37.6. The van der Waals surface area contributed by atoms with Crippen molar-refractivity contribution in [3.63, 3.8) is 0 Å². The molecule has 33 heteroatoms. The van der Waals surface area contributed by atoms with Gasteiger partial charge in [0.05, 0.1) is 52.6 Å². The van der Waals surface area contributed by atoms with Gasteiger partial charge in [0, 0.05) is 119 Å². The third kappa shape index (κ3) is 20.3. The largest absolute Gasteiger partial charge is 0.445 e. The van der Waals surface area contributed by atoms with E-state index in [0.29, 0.717) is 80.5 Å². The normalized spacial score (nSPS) is 22.0. The van der Waals surface area contributed by atoms with Gasteiger partial charge in [-0.3, -0.25) is 48.3 Å². The van der Waals surface area contributed by atoms with Crippen LogP contribution < -0.4 is 22.9 Å². The minimum Gasteiger partial charge on any atom is -0.445 e. The molecule has 0 aliphatic carbocycles. The van der Waals surface area contributed by atoms with Crippen molar-refractivity contribution in [2.75, 3.05) is 67.0 Å². The Balaban J connectivity index is 0.000000143. The van der Waals surface area contributed by atoms with Crippen LogP contribution in [0.4, 0.5) is 9.59 Å². The van der Waals surface area contributed by atoms with Gasteiger partial charge in [-0.25, -0.2) is 34.5 Å². The highest BCUT2D eigenvalue weighted by Crippen LogP contribution is 2.51. The molecule has 672 valence electrons. The monoisotopic (exact) mass is 1820 g/mol. The highest BCUT2D eigenvalue weighted by atomic mass is 35.5. The van der Waals surface area contributed by atoms with Crippen LogP contribution in [-0.4, -0.2) is 182 Å². The number of thiophene rings is 2. The molecule has 10 aromatic rings. The lowest BCUT2D eigenvalue weighted by Crippen LogP contribution is -2.57. The van der Waals surface area contributed by atoms with E-state index in [1.54, 1.807) is 94.6 Å². The molecule has 11 heterocycles. The summed E-state index contributed by atoms with van der Waals surface area (Å²) in [6.07, 6.45) is 9.50. The van der Waals surface area contributed by atoms with Gasteiger partial charge in [-0.2, -0.15) is 15.6 Å². The van der Waals surface area contributed by atoms with Gasteiger partial charge in [-0.1, -0.05) is 127 Å². The summed E-state index contributed by atoms with van der Waals surface area (Å²) < 4.78 is 12.8. The second-order valence-electron chi connectivity index (χ2n) is 34.3. The van der Waals surface area contributed by atoms with Crippen LogP contribution in [0.5, 0.6) is 0 Å². The molecule has 4 aromatic heterocycles. The van der Waals surface area contributed by atoms with Crippen molar-refractivity contribution in [3.8, 4) is 56.1 Å². The number of carbonyl (C=O) groups excluding carboxylic acids is 7. The quantitative estimate of drug-likeness (QED) is 0.0698. The van der Waals surface area contributed by atoms with Crippen molar-refractivity contribution in [2.24, 2.45) is 79.5 Å². The highest BCUT2D eigenvalue weighted by molar-refractivity contribution is 7.15. The number of likely N-dealkylation sites (tertiary alicyclic amines) is 3. The van der Waals surface area contributed by atoms with E-state index in [4.69, 9.17) is 54.0 Å². The summed E-state index contributed by atoms with van der Waals surface area (Å²) in [6, 6.07) is 58.0. The number of amides is 7. The number of carbonyl (C=O) groups is 7. The van der Waals surface area contributed by atoms with Crippen LogP contribution in [0.15, 0.2) is 219 Å². The van der Waals surface area contributed by atoms with Gasteiger partial charge in [-0.05, 0) is 194 Å². The van der Waals surface area contributed by atoms with Crippen molar-refractivity contribution in [3.05, 3.63) is 247 Å². The Hall–Kier alpha value is -13.4. The first-order valence-corrected chi connectivity index (χ1v) is 45.9. The van der Waals surface area contributed by atoms with E-state index in [-0.39, 0.29) is 97.0 Å². The van der Waals surface area contributed by atoms with Gasteiger partial charge in [0.2, 0.25) is 23.6 Å². The number of hydrogen-bond acceptors (Lipinski definition) is 24. The maximum Gasteiger partial charge on any atom is 0.410 e. The minimum absolute atomic E-state index is 0.0208. The average Bonchev–Trinajstić information content (AvgIpc) is 1.08. The number of nitrogens with two attached hydrogens (primary N) is 4. The Morgan fingerprint density at radius 3 is 1.45 bits per heavy atom. The Bertz CT molecular complexity index is 5870. The van der Waals surface area contributed by atoms with E-state index >= 15 is 0 Å². The van der Waals surface area contributed by atoms with Gasteiger partial charge in [0.15, 0.2) is 29.4 Å². The number of nitriles is 2. The molecule has 7 aliphatic rings. The lowest BCUT2D eigenvalue weighted by Gasteiger charge is -2.45. The fraction of sp³-hybridized carbons (Fsp3) is 0.351. The first-order valence-electron chi connectivity index (χ1n) is 43.0. The Morgan fingerprint density at radius 1 is 0.508 bits per heavy atom. The van der Waals surface area contributed by atoms with Crippen LogP contribution >= 0.6 is 45.6 Å². The molecule has 3 saturated heterocycles. The highest BCUT2D eigenvalue weighted by Gasteiger charge is 2.54. The summed E-state index contributed by atoms with van der Waals surface area (Å²) in [7, 11) is 6.83. The second kappa shape index (κ2) is 39.7. The van der Waals surface area contributed by atoms with E-state index < -0.39 is 34.0 Å². The molecule has 29 nitrogen and oxygen atoms in total. The number of halogens is 1. The number of benzene rings is 6. The molecule has 8 N–H and O–H groups in total. The Morgan fingerprint density at radius 2 is 0.977 bits per heavy atom. The Labute approximate surface area is 773 Å². The molecule has 3 fully saturated rings. The molecule has 0 spiro atoms. The number of piperidine rings is 3. The molecule has 6 aromatic carbocycles. The van der Waals surface area contributed by atoms with Gasteiger partial charge in [0.25, 0.3) is 5.91 Å². The fourth-order valence-electron chi connectivity index (χ4n) is 17.8. The number of guanidine groups is 4. The predicted molar refractivity (Wildman–Crippen MR) is 504 cm³/mol. The van der Waals surface area contributed by atoms with Gasteiger partial charge >= 0.3 is 12.2 Å². The summed E-state index contributed by atoms with van der Waals surface area (Å²) in [5.74, 6) is 0.237. The van der Waals surface area contributed by atoms with E-state index in [0.717, 1.165) is 101 Å². The minimum atomic E-state index is -1.04. The van der Waals surface area contributed by atoms with E-state index in [1.807, 2.05) is 202 Å². The first-order chi connectivity index (χ1) is 62.3. The van der Waals surface area contributed by atoms with Crippen molar-refractivity contribution in [1.82, 2.24) is 49.1 Å². The third-order valence-electron chi connectivity index (χ3n) is 25.5. The zero-order valence-electron chi connectivity index (χ0n) is 74.0. The van der Waals surface area contributed by atoms with Crippen molar-refractivity contribution < 1.29 is 43.0 Å². The molecule has 0 radical (unpaired) electrons. The van der Waals surface area contributed by atoms with Crippen LogP contribution in [0.25, 0.3) is 44.0 Å². The zero-order valence-corrected chi connectivity index (χ0v) is 77.2. The SMILES string of the molecule is CC(=O)N1CCC(CN2C(=O)C(C)(c3cccc(-c4cnn(C)c4)c3)N=C2N)CC1.CN1C(=O)C[C@@](C)(c2cnc(-c3cccc(Cl)c3)s2)N=C1N.CN1C(=O)[C@@H](C2CCN(C(=O)OCc3ccccc3)CC2)[C@@](C)(c2cc(-c3cccc(C#N)c3)cs2)N=C1N.CN1C(=O)[C@H](C2CCN(C(=O)OCc3ccccc3)CC2)[C@@](C)(c2cc(-c3cccc(C#N)c3)cs2)N=C1N. The van der Waals surface area contributed by atoms with Crippen molar-refractivity contribution >= 4 is 111 Å². The summed E-state index contributed by atoms with van der Waals surface area (Å²) in [5.41, 5.74) is 31.7. The van der Waals surface area contributed by atoms with Crippen LogP contribution in [0.2, 0.25) is 5.02 Å². The number of hydrogen-bond donors (Lipinski definition) is 4. The maximum atomic E-state index is 13.7. The average molecular weight is 1830 g/mol. The Kier molecular flexibility index (Phi) is 28.3. The molecule has 6 atom stereocenters. The third-order valence-corrected chi connectivity index (χ3v) is 29.4. The fourth-order valence-corrected chi connectivity index (χ4v) is 21.1. The van der Waals surface area contributed by atoms with Gasteiger partial charge in [0.1, 0.15) is 34.8 Å². The lowest BCUT2D eigenvalue weighted by atomic mass is 9.70. The summed E-state index contributed by atoms with van der Waals surface area (Å²) in [6.45, 7) is 13.8. The number of aliphatic imine (C=N–C) groups is 4. The van der Waals surface area contributed by atoms with Crippen molar-refractivity contribution in [1.29, 1.82) is 10.5 Å². The van der Waals surface area contributed by atoms with E-state index in [2.05, 4.69) is 44.3 Å². The van der Waals surface area contributed by atoms with Gasteiger partial charge in [-0.15, -0.1) is 34.0 Å². The summed E-state index contributed by atoms with van der Waals surface area (Å²) in [4.78, 5) is 127. The van der Waals surface area contributed by atoms with Gasteiger partial charge < -0.3 is 47.1 Å². The first kappa shape index (κ1) is 92.8. The molecule has 1 unspecified atom stereocenters.